The quantitative estimate of drug-likeness (QED) is 0.728. The average molecular weight is 268 g/mol. The summed E-state index contributed by atoms with van der Waals surface area (Å²) in [5.74, 6) is 1.23. The molecule has 20 heavy (non-hydrogen) atoms. The van der Waals surface area contributed by atoms with Crippen molar-refractivity contribution in [2.75, 3.05) is 7.05 Å². The Labute approximate surface area is 117 Å². The molecule has 102 valence electrons. The summed E-state index contributed by atoms with van der Waals surface area (Å²) in [4.78, 5) is 6.75. The Morgan fingerprint density at radius 2 is 1.90 bits per heavy atom. The van der Waals surface area contributed by atoms with E-state index in [0.29, 0.717) is 18.3 Å². The SMILES string of the molecule is Cc1nnc(CN(C)Cc2ccc3ccccc3n2)o1. The molecular weight excluding hydrogens is 252 g/mol. The van der Waals surface area contributed by atoms with Crippen LogP contribution in [0, 0.1) is 6.92 Å². The van der Waals surface area contributed by atoms with Crippen molar-refractivity contribution in [2.24, 2.45) is 0 Å². The fourth-order valence-corrected chi connectivity index (χ4v) is 2.16. The van der Waals surface area contributed by atoms with Crippen molar-refractivity contribution < 1.29 is 4.42 Å². The molecule has 0 aliphatic heterocycles. The zero-order chi connectivity index (χ0) is 13.9. The third-order valence-corrected chi connectivity index (χ3v) is 3.06. The van der Waals surface area contributed by atoms with E-state index in [-0.39, 0.29) is 0 Å². The van der Waals surface area contributed by atoms with Gasteiger partial charge in [-0.25, -0.2) is 0 Å². The fourth-order valence-electron chi connectivity index (χ4n) is 2.16. The molecule has 5 nitrogen and oxygen atoms in total. The lowest BCUT2D eigenvalue weighted by molar-refractivity contribution is 0.276. The molecule has 3 aromatic rings. The molecule has 0 N–H and O–H groups in total. The van der Waals surface area contributed by atoms with Crippen LogP contribution in [0.2, 0.25) is 0 Å². The van der Waals surface area contributed by atoms with Gasteiger partial charge in [0.15, 0.2) is 0 Å². The zero-order valence-electron chi connectivity index (χ0n) is 11.6. The molecule has 0 bridgehead atoms. The molecule has 1 aromatic carbocycles. The van der Waals surface area contributed by atoms with Crippen molar-refractivity contribution in [1.29, 1.82) is 0 Å². The maximum Gasteiger partial charge on any atom is 0.230 e. The summed E-state index contributed by atoms with van der Waals surface area (Å²) in [6.45, 7) is 3.16. The molecule has 2 heterocycles. The Kier molecular flexibility index (Phi) is 3.43. The molecule has 0 spiro atoms. The van der Waals surface area contributed by atoms with Crippen LogP contribution in [0.25, 0.3) is 10.9 Å². The van der Waals surface area contributed by atoms with Crippen molar-refractivity contribution in [2.45, 2.75) is 20.0 Å². The molecule has 0 aliphatic carbocycles. The van der Waals surface area contributed by atoms with E-state index in [0.717, 1.165) is 23.1 Å². The number of hydrogen-bond donors (Lipinski definition) is 0. The lowest BCUT2D eigenvalue weighted by atomic mass is 10.2. The first kappa shape index (κ1) is 12.7. The van der Waals surface area contributed by atoms with Gasteiger partial charge in [0.05, 0.1) is 17.8 Å². The largest absolute Gasteiger partial charge is 0.424 e. The van der Waals surface area contributed by atoms with Crippen LogP contribution < -0.4 is 0 Å². The van der Waals surface area contributed by atoms with Crippen molar-refractivity contribution in [3.8, 4) is 0 Å². The second-order valence-corrected chi connectivity index (χ2v) is 4.88. The zero-order valence-corrected chi connectivity index (χ0v) is 11.6. The van der Waals surface area contributed by atoms with Crippen molar-refractivity contribution in [3.63, 3.8) is 0 Å². The highest BCUT2D eigenvalue weighted by atomic mass is 16.4. The highest BCUT2D eigenvalue weighted by Crippen LogP contribution is 2.13. The van der Waals surface area contributed by atoms with E-state index in [9.17, 15) is 0 Å². The van der Waals surface area contributed by atoms with E-state index in [2.05, 4.69) is 38.3 Å². The lowest BCUT2D eigenvalue weighted by Gasteiger charge is -2.13. The first-order valence-corrected chi connectivity index (χ1v) is 6.53. The number of pyridine rings is 1. The number of nitrogens with zero attached hydrogens (tertiary/aromatic N) is 4. The van der Waals surface area contributed by atoms with E-state index < -0.39 is 0 Å². The highest BCUT2D eigenvalue weighted by Gasteiger charge is 2.08. The second kappa shape index (κ2) is 5.38. The lowest BCUT2D eigenvalue weighted by Crippen LogP contribution is -2.18. The van der Waals surface area contributed by atoms with Gasteiger partial charge in [-0.05, 0) is 19.2 Å². The number of aromatic nitrogens is 3. The maximum absolute atomic E-state index is 5.38. The summed E-state index contributed by atoms with van der Waals surface area (Å²) >= 11 is 0. The van der Waals surface area contributed by atoms with Crippen molar-refractivity contribution >= 4 is 10.9 Å². The Balaban J connectivity index is 1.72. The standard InChI is InChI=1S/C15H16N4O/c1-11-17-18-15(20-11)10-19(2)9-13-8-7-12-5-3-4-6-14(12)16-13/h3-8H,9-10H2,1-2H3. The third-order valence-electron chi connectivity index (χ3n) is 3.06. The molecule has 0 radical (unpaired) electrons. The van der Waals surface area contributed by atoms with E-state index in [1.165, 1.54) is 0 Å². The minimum absolute atomic E-state index is 0.595. The van der Waals surface area contributed by atoms with Crippen molar-refractivity contribution in [1.82, 2.24) is 20.1 Å². The van der Waals surface area contributed by atoms with E-state index in [1.54, 1.807) is 6.92 Å². The molecule has 0 atom stereocenters. The van der Waals surface area contributed by atoms with Crippen LogP contribution in [0.1, 0.15) is 17.5 Å². The number of para-hydroxylation sites is 1. The third kappa shape index (κ3) is 2.83. The van der Waals surface area contributed by atoms with Gasteiger partial charge in [0.2, 0.25) is 11.8 Å². The highest BCUT2D eigenvalue weighted by molar-refractivity contribution is 5.78. The number of rotatable bonds is 4. The molecule has 0 saturated heterocycles. The summed E-state index contributed by atoms with van der Waals surface area (Å²) < 4.78 is 5.38. The molecule has 3 rings (SSSR count). The van der Waals surface area contributed by atoms with Gasteiger partial charge in [-0.2, -0.15) is 0 Å². The van der Waals surface area contributed by atoms with Gasteiger partial charge in [0, 0.05) is 18.9 Å². The number of hydrogen-bond acceptors (Lipinski definition) is 5. The van der Waals surface area contributed by atoms with Crippen LogP contribution in [0.4, 0.5) is 0 Å². The van der Waals surface area contributed by atoms with Crippen molar-refractivity contribution in [3.05, 3.63) is 53.9 Å². The summed E-state index contributed by atoms with van der Waals surface area (Å²) in [6, 6.07) is 12.3. The molecule has 0 fully saturated rings. The van der Waals surface area contributed by atoms with Gasteiger partial charge >= 0.3 is 0 Å². The van der Waals surface area contributed by atoms with Gasteiger partial charge in [0.1, 0.15) is 0 Å². The van der Waals surface area contributed by atoms with Crippen LogP contribution in [-0.4, -0.2) is 27.1 Å². The fraction of sp³-hybridized carbons (Fsp3) is 0.267. The van der Waals surface area contributed by atoms with Crippen LogP contribution in [0.3, 0.4) is 0 Å². The van der Waals surface area contributed by atoms with Crippen LogP contribution in [-0.2, 0) is 13.1 Å². The van der Waals surface area contributed by atoms with Gasteiger partial charge in [-0.15, -0.1) is 10.2 Å². The molecule has 2 aromatic heterocycles. The molecular formula is C15H16N4O. The van der Waals surface area contributed by atoms with Crippen LogP contribution in [0.5, 0.6) is 0 Å². The Morgan fingerprint density at radius 1 is 1.05 bits per heavy atom. The topological polar surface area (TPSA) is 55.1 Å². The molecule has 0 aliphatic rings. The Morgan fingerprint density at radius 3 is 2.70 bits per heavy atom. The predicted octanol–water partition coefficient (Wildman–Crippen LogP) is 2.56. The Bertz CT molecular complexity index is 722. The second-order valence-electron chi connectivity index (χ2n) is 4.88. The normalized spacial score (nSPS) is 11.3. The summed E-state index contributed by atoms with van der Waals surface area (Å²) in [5, 5.41) is 8.99. The average Bonchev–Trinajstić information content (AvgIpc) is 2.83. The number of aryl methyl sites for hydroxylation is 1. The van der Waals surface area contributed by atoms with Crippen LogP contribution >= 0.6 is 0 Å². The van der Waals surface area contributed by atoms with Gasteiger partial charge in [-0.1, -0.05) is 24.3 Å². The van der Waals surface area contributed by atoms with E-state index in [4.69, 9.17) is 4.42 Å². The summed E-state index contributed by atoms with van der Waals surface area (Å²) in [5.41, 5.74) is 2.05. The number of benzene rings is 1. The van der Waals surface area contributed by atoms with Gasteiger partial charge < -0.3 is 4.42 Å². The van der Waals surface area contributed by atoms with Gasteiger partial charge in [-0.3, -0.25) is 9.88 Å². The monoisotopic (exact) mass is 268 g/mol. The van der Waals surface area contributed by atoms with E-state index >= 15 is 0 Å². The molecule has 0 amide bonds. The summed E-state index contributed by atoms with van der Waals surface area (Å²) in [7, 11) is 2.01. The first-order valence-electron chi connectivity index (χ1n) is 6.53. The minimum atomic E-state index is 0.595. The van der Waals surface area contributed by atoms with Crippen LogP contribution in [0.15, 0.2) is 40.8 Å². The predicted molar refractivity (Wildman–Crippen MR) is 75.9 cm³/mol. The number of fused-ring (bicyclic) bond motifs is 1. The summed E-state index contributed by atoms with van der Waals surface area (Å²) in [6.07, 6.45) is 0. The smallest absolute Gasteiger partial charge is 0.230 e. The Hall–Kier alpha value is -2.27. The maximum atomic E-state index is 5.38. The van der Waals surface area contributed by atoms with Gasteiger partial charge in [0.25, 0.3) is 0 Å². The molecule has 0 unspecified atom stereocenters. The molecule has 0 saturated carbocycles. The minimum Gasteiger partial charge on any atom is -0.424 e. The van der Waals surface area contributed by atoms with E-state index in [1.807, 2.05) is 25.2 Å². The first-order chi connectivity index (χ1) is 9.70. The molecule has 5 heteroatoms.